The van der Waals surface area contributed by atoms with Crippen molar-refractivity contribution in [1.82, 2.24) is 10.2 Å². The summed E-state index contributed by atoms with van der Waals surface area (Å²) in [6, 6.07) is 1.56. The van der Waals surface area contributed by atoms with Gasteiger partial charge in [0.05, 0.1) is 0 Å². The Morgan fingerprint density at radius 3 is 2.00 bits per heavy atom. The van der Waals surface area contributed by atoms with Crippen LogP contribution in [0.3, 0.4) is 0 Å². The van der Waals surface area contributed by atoms with Crippen molar-refractivity contribution in [3.05, 3.63) is 0 Å². The minimum absolute atomic E-state index is 0.364. The zero-order valence-electron chi connectivity index (χ0n) is 8.43. The maximum atomic E-state index is 3.65. The van der Waals surface area contributed by atoms with Gasteiger partial charge < -0.3 is 5.32 Å². The van der Waals surface area contributed by atoms with E-state index in [4.69, 9.17) is 0 Å². The second-order valence-electron chi connectivity index (χ2n) is 5.21. The minimum atomic E-state index is 0.364. The maximum absolute atomic E-state index is 3.65. The first-order chi connectivity index (χ1) is 5.55. The fourth-order valence-corrected chi connectivity index (χ4v) is 2.34. The fraction of sp³-hybridized carbons (Fsp3) is 1.00. The highest BCUT2D eigenvalue weighted by molar-refractivity contribution is 4.96. The van der Waals surface area contributed by atoms with Gasteiger partial charge in [0.15, 0.2) is 0 Å². The average Bonchev–Trinajstić information content (AvgIpc) is 2.28. The van der Waals surface area contributed by atoms with E-state index in [0.717, 1.165) is 12.1 Å². The van der Waals surface area contributed by atoms with E-state index in [1.807, 2.05) is 0 Å². The molecule has 2 rings (SSSR count). The Labute approximate surface area is 75.3 Å². The molecule has 0 radical (unpaired) electrons. The topological polar surface area (TPSA) is 15.3 Å². The van der Waals surface area contributed by atoms with Crippen molar-refractivity contribution in [2.24, 2.45) is 0 Å². The number of nitrogens with one attached hydrogen (secondary N) is 1. The normalized spacial score (nSPS) is 37.2. The van der Waals surface area contributed by atoms with Crippen molar-refractivity contribution in [2.45, 2.75) is 51.2 Å². The first-order valence-electron chi connectivity index (χ1n) is 5.07. The minimum Gasteiger partial charge on any atom is -0.309 e. The van der Waals surface area contributed by atoms with E-state index in [1.54, 1.807) is 0 Å². The summed E-state index contributed by atoms with van der Waals surface area (Å²) in [6.45, 7) is 9.45. The smallest absolute Gasteiger partial charge is 0.0198 e. The number of likely N-dealkylation sites (tertiary alicyclic amines) is 1. The van der Waals surface area contributed by atoms with Crippen LogP contribution in [0, 0.1) is 0 Å². The van der Waals surface area contributed by atoms with E-state index >= 15 is 0 Å². The molecule has 70 valence electrons. The zero-order valence-corrected chi connectivity index (χ0v) is 8.43. The van der Waals surface area contributed by atoms with Gasteiger partial charge in [-0.05, 0) is 33.6 Å². The number of hydrogen-bond donors (Lipinski definition) is 1. The zero-order chi connectivity index (χ0) is 8.77. The van der Waals surface area contributed by atoms with Gasteiger partial charge in [-0.15, -0.1) is 0 Å². The molecule has 0 aliphatic carbocycles. The van der Waals surface area contributed by atoms with Gasteiger partial charge in [-0.3, -0.25) is 4.90 Å². The summed E-state index contributed by atoms with van der Waals surface area (Å²) in [5.41, 5.74) is 0.364. The predicted molar refractivity (Wildman–Crippen MR) is 51.3 cm³/mol. The monoisotopic (exact) mass is 168 g/mol. The maximum Gasteiger partial charge on any atom is 0.0198 e. The van der Waals surface area contributed by atoms with Gasteiger partial charge in [-0.2, -0.15) is 0 Å². The molecule has 0 aromatic carbocycles. The quantitative estimate of drug-likeness (QED) is 0.585. The summed E-state index contributed by atoms with van der Waals surface area (Å²) in [7, 11) is 0. The van der Waals surface area contributed by atoms with Crippen LogP contribution in [-0.2, 0) is 0 Å². The van der Waals surface area contributed by atoms with Crippen molar-refractivity contribution < 1.29 is 0 Å². The summed E-state index contributed by atoms with van der Waals surface area (Å²) in [5, 5.41) is 3.65. The summed E-state index contributed by atoms with van der Waals surface area (Å²) in [5.74, 6) is 0. The molecule has 2 bridgehead atoms. The third-order valence-electron chi connectivity index (χ3n) is 3.17. The second kappa shape index (κ2) is 2.71. The SMILES string of the molecule is CC(C)(C)N1C[C@H]2CC[C@@H](C1)N2. The van der Waals surface area contributed by atoms with Crippen molar-refractivity contribution in [3.63, 3.8) is 0 Å². The standard InChI is InChI=1S/C10H20N2/c1-10(2,3)12-6-8-4-5-9(7-12)11-8/h8-9,11H,4-7H2,1-3H3/t8-,9+. The van der Waals surface area contributed by atoms with Crippen molar-refractivity contribution in [2.75, 3.05) is 13.1 Å². The Morgan fingerprint density at radius 2 is 1.58 bits per heavy atom. The molecule has 2 nitrogen and oxygen atoms in total. The van der Waals surface area contributed by atoms with Gasteiger partial charge >= 0.3 is 0 Å². The van der Waals surface area contributed by atoms with Gasteiger partial charge in [-0.25, -0.2) is 0 Å². The molecule has 2 aliphatic rings. The predicted octanol–water partition coefficient (Wildman–Crippen LogP) is 1.22. The number of piperazine rings is 1. The lowest BCUT2D eigenvalue weighted by Gasteiger charge is -2.41. The molecule has 0 unspecified atom stereocenters. The van der Waals surface area contributed by atoms with Crippen LogP contribution in [0.1, 0.15) is 33.6 Å². The van der Waals surface area contributed by atoms with Gasteiger partial charge in [0.1, 0.15) is 0 Å². The molecule has 0 aromatic rings. The lowest BCUT2D eigenvalue weighted by Crippen LogP contribution is -2.57. The Bertz CT molecular complexity index is 159. The van der Waals surface area contributed by atoms with E-state index in [2.05, 4.69) is 31.0 Å². The van der Waals surface area contributed by atoms with Crippen LogP contribution in [0.2, 0.25) is 0 Å². The van der Waals surface area contributed by atoms with Crippen LogP contribution in [0.25, 0.3) is 0 Å². The van der Waals surface area contributed by atoms with Gasteiger partial charge in [0.2, 0.25) is 0 Å². The molecule has 12 heavy (non-hydrogen) atoms. The van der Waals surface area contributed by atoms with Crippen LogP contribution in [0.5, 0.6) is 0 Å². The summed E-state index contributed by atoms with van der Waals surface area (Å²) >= 11 is 0. The third kappa shape index (κ3) is 1.50. The number of fused-ring (bicyclic) bond motifs is 2. The van der Waals surface area contributed by atoms with Crippen LogP contribution in [-0.4, -0.2) is 35.6 Å². The molecular weight excluding hydrogens is 148 g/mol. The lowest BCUT2D eigenvalue weighted by atomic mass is 10.0. The molecule has 0 aromatic heterocycles. The van der Waals surface area contributed by atoms with Gasteiger partial charge in [0.25, 0.3) is 0 Å². The summed E-state index contributed by atoms with van der Waals surface area (Å²) in [6.07, 6.45) is 2.77. The van der Waals surface area contributed by atoms with Crippen molar-refractivity contribution in [3.8, 4) is 0 Å². The molecule has 1 N–H and O–H groups in total. The highest BCUT2D eigenvalue weighted by Gasteiger charge is 2.36. The highest BCUT2D eigenvalue weighted by atomic mass is 15.3. The Morgan fingerprint density at radius 1 is 1.08 bits per heavy atom. The Hall–Kier alpha value is -0.0800. The van der Waals surface area contributed by atoms with E-state index in [9.17, 15) is 0 Å². The molecule has 2 atom stereocenters. The third-order valence-corrected chi connectivity index (χ3v) is 3.17. The van der Waals surface area contributed by atoms with Crippen molar-refractivity contribution in [1.29, 1.82) is 0 Å². The summed E-state index contributed by atoms with van der Waals surface area (Å²) < 4.78 is 0. The molecule has 0 saturated carbocycles. The number of hydrogen-bond acceptors (Lipinski definition) is 2. The van der Waals surface area contributed by atoms with Crippen LogP contribution >= 0.6 is 0 Å². The Kier molecular flexibility index (Phi) is 1.92. The van der Waals surface area contributed by atoms with Crippen LogP contribution in [0.4, 0.5) is 0 Å². The number of rotatable bonds is 0. The first-order valence-corrected chi connectivity index (χ1v) is 5.07. The molecule has 2 saturated heterocycles. The van der Waals surface area contributed by atoms with Crippen LogP contribution in [0.15, 0.2) is 0 Å². The second-order valence-corrected chi connectivity index (χ2v) is 5.21. The largest absolute Gasteiger partial charge is 0.309 e. The molecular formula is C10H20N2. The fourth-order valence-electron chi connectivity index (χ4n) is 2.34. The van der Waals surface area contributed by atoms with Crippen LogP contribution < -0.4 is 5.32 Å². The lowest BCUT2D eigenvalue weighted by molar-refractivity contribution is 0.0927. The van der Waals surface area contributed by atoms with E-state index in [-0.39, 0.29) is 0 Å². The first kappa shape index (κ1) is 8.52. The Balaban J connectivity index is 2.03. The van der Waals surface area contributed by atoms with E-state index in [1.165, 1.54) is 25.9 Å². The highest BCUT2D eigenvalue weighted by Crippen LogP contribution is 2.25. The molecule has 2 fully saturated rings. The van der Waals surface area contributed by atoms with E-state index < -0.39 is 0 Å². The molecule has 2 heteroatoms. The molecule has 2 heterocycles. The van der Waals surface area contributed by atoms with E-state index in [0.29, 0.717) is 5.54 Å². The molecule has 0 amide bonds. The van der Waals surface area contributed by atoms with Crippen molar-refractivity contribution >= 4 is 0 Å². The van der Waals surface area contributed by atoms with Gasteiger partial charge in [0, 0.05) is 30.7 Å². The molecule has 0 spiro atoms. The number of nitrogens with zero attached hydrogens (tertiary/aromatic N) is 1. The summed E-state index contributed by atoms with van der Waals surface area (Å²) in [4.78, 5) is 2.62. The average molecular weight is 168 g/mol. The van der Waals surface area contributed by atoms with Gasteiger partial charge in [-0.1, -0.05) is 0 Å². The molecule has 2 aliphatic heterocycles.